The molecule has 1 saturated heterocycles. The van der Waals surface area contributed by atoms with Gasteiger partial charge >= 0.3 is 0 Å². The molecule has 2 aliphatic rings. The quantitative estimate of drug-likeness (QED) is 0.300. The maximum absolute atomic E-state index is 12.8. The van der Waals surface area contributed by atoms with Crippen LogP contribution in [0, 0.1) is 10.1 Å². The van der Waals surface area contributed by atoms with Crippen LogP contribution in [-0.2, 0) is 4.79 Å². The molecule has 1 saturated carbocycles. The van der Waals surface area contributed by atoms with Crippen molar-refractivity contribution in [2.45, 2.75) is 23.9 Å². The highest BCUT2D eigenvalue weighted by Gasteiger charge is 2.31. The number of nitro groups is 1. The van der Waals surface area contributed by atoms with Gasteiger partial charge in [-0.1, -0.05) is 30.0 Å². The van der Waals surface area contributed by atoms with Crippen LogP contribution in [0.2, 0.25) is 0 Å². The maximum Gasteiger partial charge on any atom is 0.269 e. The van der Waals surface area contributed by atoms with Crippen LogP contribution < -0.4 is 4.90 Å². The summed E-state index contributed by atoms with van der Waals surface area (Å²) in [6.45, 7) is 2.63. The molecule has 3 aromatic rings. The molecule has 0 N–H and O–H groups in total. The van der Waals surface area contributed by atoms with Crippen LogP contribution in [0.5, 0.6) is 0 Å². The molecule has 9 nitrogen and oxygen atoms in total. The largest absolute Gasteiger partial charge is 0.368 e. The third-order valence-electron chi connectivity index (χ3n) is 5.94. The van der Waals surface area contributed by atoms with Crippen LogP contribution >= 0.6 is 11.8 Å². The topological polar surface area (TPSA) is 97.4 Å². The van der Waals surface area contributed by atoms with E-state index in [-0.39, 0.29) is 11.6 Å². The Morgan fingerprint density at radius 3 is 2.33 bits per heavy atom. The fourth-order valence-corrected chi connectivity index (χ4v) is 4.68. The highest BCUT2D eigenvalue weighted by molar-refractivity contribution is 7.99. The van der Waals surface area contributed by atoms with Gasteiger partial charge in [0.25, 0.3) is 5.69 Å². The Bertz CT molecular complexity index is 1140. The molecule has 1 aliphatic carbocycles. The van der Waals surface area contributed by atoms with Crippen LogP contribution in [0.15, 0.2) is 59.8 Å². The Morgan fingerprint density at radius 1 is 1.00 bits per heavy atom. The number of nitrogens with zero attached hydrogens (tertiary/aromatic N) is 6. The molecule has 33 heavy (non-hydrogen) atoms. The molecule has 10 heteroatoms. The molecule has 0 atom stereocenters. The molecule has 2 aromatic carbocycles. The minimum Gasteiger partial charge on any atom is -0.368 e. The van der Waals surface area contributed by atoms with Crippen molar-refractivity contribution in [2.24, 2.45) is 0 Å². The molecule has 0 unspecified atom stereocenters. The van der Waals surface area contributed by atoms with Crippen molar-refractivity contribution >= 4 is 29.0 Å². The molecule has 1 amide bonds. The fraction of sp³-hybridized carbons (Fsp3) is 0.348. The van der Waals surface area contributed by atoms with Crippen molar-refractivity contribution in [1.82, 2.24) is 19.7 Å². The lowest BCUT2D eigenvalue weighted by Crippen LogP contribution is -2.49. The van der Waals surface area contributed by atoms with Crippen molar-refractivity contribution in [3.8, 4) is 5.69 Å². The summed E-state index contributed by atoms with van der Waals surface area (Å²) in [6.07, 6.45) is 2.27. The summed E-state index contributed by atoms with van der Waals surface area (Å²) in [5.74, 6) is 1.82. The second kappa shape index (κ2) is 9.22. The van der Waals surface area contributed by atoms with E-state index in [1.807, 2.05) is 39.9 Å². The van der Waals surface area contributed by atoms with E-state index in [1.54, 1.807) is 12.1 Å². The second-order valence-electron chi connectivity index (χ2n) is 8.20. The molecular formula is C23H24N6O3S. The summed E-state index contributed by atoms with van der Waals surface area (Å²) in [5, 5.41) is 16.1. The zero-order chi connectivity index (χ0) is 22.8. The molecular weight excluding hydrogens is 440 g/mol. The molecule has 0 spiro atoms. The molecule has 170 valence electrons. The van der Waals surface area contributed by atoms with Crippen molar-refractivity contribution in [1.29, 1.82) is 0 Å². The Balaban J connectivity index is 1.16. The molecule has 1 aliphatic heterocycles. The van der Waals surface area contributed by atoms with E-state index in [0.717, 1.165) is 30.0 Å². The van der Waals surface area contributed by atoms with Gasteiger partial charge in [-0.3, -0.25) is 14.9 Å². The first-order valence-electron chi connectivity index (χ1n) is 11.0. The van der Waals surface area contributed by atoms with Gasteiger partial charge in [0.05, 0.1) is 16.4 Å². The third kappa shape index (κ3) is 4.85. The number of piperazine rings is 1. The summed E-state index contributed by atoms with van der Waals surface area (Å²) in [6, 6.07) is 16.5. The number of amides is 1. The molecule has 2 heterocycles. The van der Waals surface area contributed by atoms with Crippen molar-refractivity contribution in [3.05, 3.63) is 70.5 Å². The van der Waals surface area contributed by atoms with Gasteiger partial charge in [-0.05, 0) is 37.1 Å². The number of carbonyl (C=O) groups is 1. The minimum atomic E-state index is -0.399. The predicted molar refractivity (Wildman–Crippen MR) is 126 cm³/mol. The lowest BCUT2D eigenvalue weighted by atomic mass is 10.2. The van der Waals surface area contributed by atoms with Crippen LogP contribution in [0.1, 0.15) is 24.6 Å². The zero-order valence-electron chi connectivity index (χ0n) is 18.0. The van der Waals surface area contributed by atoms with E-state index >= 15 is 0 Å². The number of benzene rings is 2. The zero-order valence-corrected chi connectivity index (χ0v) is 18.9. The average Bonchev–Trinajstić information content (AvgIpc) is 3.62. The van der Waals surface area contributed by atoms with Crippen LogP contribution in [0.3, 0.4) is 0 Å². The first-order valence-corrected chi connectivity index (χ1v) is 12.0. The number of carbonyl (C=O) groups excluding carboxylic acids is 1. The SMILES string of the molecule is O=C(CSc1nc(C2CC2)n(-c2ccccc2)n1)N1CCN(c2ccc([N+](=O)[O-])cc2)CC1. The number of nitro benzene ring substituents is 1. The Kier molecular flexibility index (Phi) is 5.99. The van der Waals surface area contributed by atoms with Crippen molar-refractivity contribution in [2.75, 3.05) is 36.8 Å². The normalized spacial score (nSPS) is 16.1. The monoisotopic (exact) mass is 464 g/mol. The minimum absolute atomic E-state index is 0.0763. The summed E-state index contributed by atoms with van der Waals surface area (Å²) in [4.78, 5) is 32.0. The number of hydrogen-bond donors (Lipinski definition) is 0. The van der Waals surface area contributed by atoms with Gasteiger partial charge in [-0.15, -0.1) is 5.10 Å². The van der Waals surface area contributed by atoms with E-state index in [1.165, 1.54) is 23.9 Å². The van der Waals surface area contributed by atoms with E-state index in [9.17, 15) is 14.9 Å². The van der Waals surface area contributed by atoms with E-state index in [2.05, 4.69) is 10.00 Å². The first-order chi connectivity index (χ1) is 16.1. The van der Waals surface area contributed by atoms with Crippen molar-refractivity contribution in [3.63, 3.8) is 0 Å². The number of thioether (sulfide) groups is 1. The smallest absolute Gasteiger partial charge is 0.269 e. The van der Waals surface area contributed by atoms with Gasteiger partial charge in [0, 0.05) is 49.9 Å². The van der Waals surface area contributed by atoms with E-state index < -0.39 is 4.92 Å². The van der Waals surface area contributed by atoms with Crippen LogP contribution in [-0.4, -0.2) is 62.4 Å². The van der Waals surface area contributed by atoms with Gasteiger partial charge < -0.3 is 9.80 Å². The number of para-hydroxylation sites is 1. The molecule has 1 aromatic heterocycles. The average molecular weight is 465 g/mol. The number of rotatable bonds is 7. The van der Waals surface area contributed by atoms with Gasteiger partial charge in [0.15, 0.2) is 0 Å². The summed E-state index contributed by atoms with van der Waals surface area (Å²) >= 11 is 1.39. The summed E-state index contributed by atoms with van der Waals surface area (Å²) < 4.78 is 1.91. The molecule has 0 bridgehead atoms. The number of aromatic nitrogens is 3. The Hall–Kier alpha value is -3.40. The highest BCUT2D eigenvalue weighted by Crippen LogP contribution is 2.40. The number of anilines is 1. The lowest BCUT2D eigenvalue weighted by Gasteiger charge is -2.36. The third-order valence-corrected chi connectivity index (χ3v) is 6.76. The van der Waals surface area contributed by atoms with Gasteiger partial charge in [0.2, 0.25) is 11.1 Å². The van der Waals surface area contributed by atoms with Gasteiger partial charge in [0.1, 0.15) is 5.82 Å². The highest BCUT2D eigenvalue weighted by atomic mass is 32.2. The van der Waals surface area contributed by atoms with Crippen LogP contribution in [0.25, 0.3) is 5.69 Å². The lowest BCUT2D eigenvalue weighted by molar-refractivity contribution is -0.384. The van der Waals surface area contributed by atoms with Crippen LogP contribution in [0.4, 0.5) is 11.4 Å². The summed E-state index contributed by atoms with van der Waals surface area (Å²) in [5.41, 5.74) is 2.01. The van der Waals surface area contributed by atoms with Gasteiger partial charge in [-0.25, -0.2) is 9.67 Å². The molecule has 5 rings (SSSR count). The predicted octanol–water partition coefficient (Wildman–Crippen LogP) is 3.49. The van der Waals surface area contributed by atoms with E-state index in [0.29, 0.717) is 43.0 Å². The standard InChI is InChI=1S/C23H24N6O3S/c30-21(27-14-12-26(13-15-27)18-8-10-20(11-9-18)29(31)32)16-33-23-24-22(17-6-7-17)28(25-23)19-4-2-1-3-5-19/h1-5,8-11,17H,6-7,12-16H2. The number of non-ortho nitro benzene ring substituents is 1. The van der Waals surface area contributed by atoms with Crippen molar-refractivity contribution < 1.29 is 9.72 Å². The summed E-state index contributed by atoms with van der Waals surface area (Å²) in [7, 11) is 0. The Labute approximate surface area is 195 Å². The maximum atomic E-state index is 12.8. The molecule has 2 fully saturated rings. The Morgan fingerprint density at radius 2 is 1.70 bits per heavy atom. The number of hydrogen-bond acceptors (Lipinski definition) is 7. The first kappa shape index (κ1) is 21.4. The molecule has 0 radical (unpaired) electrons. The second-order valence-corrected chi connectivity index (χ2v) is 9.15. The van der Waals surface area contributed by atoms with E-state index in [4.69, 9.17) is 4.98 Å². The fourth-order valence-electron chi connectivity index (χ4n) is 3.95. The van der Waals surface area contributed by atoms with Gasteiger partial charge in [-0.2, -0.15) is 0 Å².